The third kappa shape index (κ3) is 2.75. The maximum atomic E-state index is 12.9. The summed E-state index contributed by atoms with van der Waals surface area (Å²) < 4.78 is 7.50. The molecule has 1 aliphatic carbocycles. The summed E-state index contributed by atoms with van der Waals surface area (Å²) in [5.74, 6) is -0.747. The van der Waals surface area contributed by atoms with E-state index >= 15 is 0 Å². The standard InChI is InChI=1S/C17H25N3O3/c1-4-20-12(3)15(11(2)19-20)18-16(22)13-10-14(21)23-17(13)8-6-5-7-9-17/h13H,4-10H2,1-3H3,(H,18,22)/t13-/m1/s1. The molecule has 6 heteroatoms. The van der Waals surface area contributed by atoms with E-state index in [2.05, 4.69) is 10.4 Å². The Morgan fingerprint density at radius 3 is 2.65 bits per heavy atom. The Kier molecular flexibility index (Phi) is 4.17. The van der Waals surface area contributed by atoms with Crippen molar-refractivity contribution in [3.63, 3.8) is 0 Å². The number of rotatable bonds is 3. The lowest BCUT2D eigenvalue weighted by Crippen LogP contribution is -2.43. The second-order valence-corrected chi connectivity index (χ2v) is 6.71. The highest BCUT2D eigenvalue weighted by Gasteiger charge is 2.52. The van der Waals surface area contributed by atoms with E-state index < -0.39 is 5.60 Å². The summed E-state index contributed by atoms with van der Waals surface area (Å²) in [6.07, 6.45) is 4.96. The molecule has 126 valence electrons. The van der Waals surface area contributed by atoms with Crippen molar-refractivity contribution < 1.29 is 14.3 Å². The Balaban J connectivity index is 1.82. The topological polar surface area (TPSA) is 73.2 Å². The molecule has 1 spiro atoms. The Morgan fingerprint density at radius 1 is 1.35 bits per heavy atom. The number of nitrogens with zero attached hydrogens (tertiary/aromatic N) is 2. The highest BCUT2D eigenvalue weighted by atomic mass is 16.6. The second-order valence-electron chi connectivity index (χ2n) is 6.71. The lowest BCUT2D eigenvalue weighted by atomic mass is 9.75. The van der Waals surface area contributed by atoms with Crippen molar-refractivity contribution in [1.29, 1.82) is 0 Å². The normalized spacial score (nSPS) is 23.1. The van der Waals surface area contributed by atoms with Gasteiger partial charge in [0, 0.05) is 6.54 Å². The van der Waals surface area contributed by atoms with E-state index in [1.54, 1.807) is 0 Å². The van der Waals surface area contributed by atoms with Crippen LogP contribution in [0.1, 0.15) is 56.8 Å². The van der Waals surface area contributed by atoms with Gasteiger partial charge in [-0.05, 0) is 46.5 Å². The number of amides is 1. The van der Waals surface area contributed by atoms with Gasteiger partial charge in [-0.3, -0.25) is 14.3 Å². The first kappa shape index (κ1) is 16.0. The fourth-order valence-electron chi connectivity index (χ4n) is 4.02. The summed E-state index contributed by atoms with van der Waals surface area (Å²) in [5.41, 5.74) is 1.94. The predicted octanol–water partition coefficient (Wildman–Crippen LogP) is 2.72. The summed E-state index contributed by atoms with van der Waals surface area (Å²) in [5, 5.41) is 7.44. The van der Waals surface area contributed by atoms with Gasteiger partial charge >= 0.3 is 5.97 Å². The van der Waals surface area contributed by atoms with Crippen LogP contribution < -0.4 is 5.32 Å². The van der Waals surface area contributed by atoms with Crippen LogP contribution in [-0.4, -0.2) is 27.3 Å². The molecule has 1 N–H and O–H groups in total. The van der Waals surface area contributed by atoms with Crippen LogP contribution in [0.4, 0.5) is 5.69 Å². The van der Waals surface area contributed by atoms with Crippen molar-refractivity contribution in [3.05, 3.63) is 11.4 Å². The van der Waals surface area contributed by atoms with Crippen LogP contribution in [0, 0.1) is 19.8 Å². The SMILES string of the molecule is CCn1nc(C)c(NC(=O)[C@H]2CC(=O)OC23CCCCC3)c1C. The van der Waals surface area contributed by atoms with Crippen molar-refractivity contribution in [1.82, 2.24) is 9.78 Å². The molecule has 0 aromatic carbocycles. The van der Waals surface area contributed by atoms with Crippen LogP contribution in [0.15, 0.2) is 0 Å². The van der Waals surface area contributed by atoms with Gasteiger partial charge in [-0.2, -0.15) is 5.10 Å². The summed E-state index contributed by atoms with van der Waals surface area (Å²) in [6, 6.07) is 0. The van der Waals surface area contributed by atoms with Gasteiger partial charge in [0.1, 0.15) is 5.60 Å². The molecule has 6 nitrogen and oxygen atoms in total. The highest BCUT2D eigenvalue weighted by Crippen LogP contribution is 2.44. The minimum atomic E-state index is -0.581. The first-order chi connectivity index (χ1) is 11.0. The minimum Gasteiger partial charge on any atom is -0.458 e. The number of aryl methyl sites for hydroxylation is 2. The van der Waals surface area contributed by atoms with Crippen molar-refractivity contribution in [2.24, 2.45) is 5.92 Å². The number of carbonyl (C=O) groups is 2. The van der Waals surface area contributed by atoms with Crippen molar-refractivity contribution in [3.8, 4) is 0 Å². The molecule has 1 amide bonds. The molecular formula is C17H25N3O3. The number of ether oxygens (including phenoxy) is 1. The van der Waals surface area contributed by atoms with Gasteiger partial charge in [0.2, 0.25) is 5.91 Å². The molecule has 1 saturated carbocycles. The largest absolute Gasteiger partial charge is 0.458 e. The molecule has 1 saturated heterocycles. The zero-order valence-electron chi connectivity index (χ0n) is 14.1. The average Bonchev–Trinajstić information content (AvgIpc) is 2.98. The molecule has 1 aromatic heterocycles. The van der Waals surface area contributed by atoms with E-state index in [1.807, 2.05) is 25.5 Å². The maximum Gasteiger partial charge on any atom is 0.307 e. The van der Waals surface area contributed by atoms with Crippen LogP contribution in [0.3, 0.4) is 0 Å². The molecule has 2 aliphatic rings. The van der Waals surface area contributed by atoms with Crippen LogP contribution in [0.2, 0.25) is 0 Å². The minimum absolute atomic E-state index is 0.111. The Labute approximate surface area is 136 Å². The average molecular weight is 319 g/mol. The lowest BCUT2D eigenvalue weighted by Gasteiger charge is -2.36. The molecule has 2 heterocycles. The van der Waals surface area contributed by atoms with Gasteiger partial charge in [0.25, 0.3) is 0 Å². The molecular weight excluding hydrogens is 294 g/mol. The van der Waals surface area contributed by atoms with Gasteiger partial charge in [-0.1, -0.05) is 6.42 Å². The van der Waals surface area contributed by atoms with E-state index in [0.717, 1.165) is 55.7 Å². The number of hydrogen-bond donors (Lipinski definition) is 1. The van der Waals surface area contributed by atoms with Crippen LogP contribution in [-0.2, 0) is 20.9 Å². The third-order valence-corrected chi connectivity index (χ3v) is 5.27. The van der Waals surface area contributed by atoms with Gasteiger partial charge in [-0.15, -0.1) is 0 Å². The summed E-state index contributed by atoms with van der Waals surface area (Å²) in [4.78, 5) is 24.7. The monoisotopic (exact) mass is 319 g/mol. The van der Waals surface area contributed by atoms with Crippen LogP contribution >= 0.6 is 0 Å². The van der Waals surface area contributed by atoms with Gasteiger partial charge in [0.05, 0.1) is 29.4 Å². The molecule has 1 aliphatic heterocycles. The first-order valence-electron chi connectivity index (χ1n) is 8.53. The molecule has 1 aromatic rings. The van der Waals surface area contributed by atoms with Gasteiger partial charge in [0.15, 0.2) is 0 Å². The van der Waals surface area contributed by atoms with E-state index in [1.165, 1.54) is 0 Å². The second kappa shape index (κ2) is 5.98. The highest BCUT2D eigenvalue weighted by molar-refractivity contribution is 5.97. The zero-order chi connectivity index (χ0) is 16.6. The number of hydrogen-bond acceptors (Lipinski definition) is 4. The molecule has 1 atom stereocenters. The molecule has 0 unspecified atom stereocenters. The van der Waals surface area contributed by atoms with Crippen molar-refractivity contribution >= 4 is 17.6 Å². The molecule has 0 bridgehead atoms. The lowest BCUT2D eigenvalue weighted by molar-refractivity contribution is -0.153. The quantitative estimate of drug-likeness (QED) is 0.869. The molecule has 0 radical (unpaired) electrons. The Bertz CT molecular complexity index is 629. The first-order valence-corrected chi connectivity index (χ1v) is 8.53. The predicted molar refractivity (Wildman–Crippen MR) is 86.0 cm³/mol. The van der Waals surface area contributed by atoms with E-state index in [-0.39, 0.29) is 24.2 Å². The van der Waals surface area contributed by atoms with Crippen LogP contribution in [0.25, 0.3) is 0 Å². The third-order valence-electron chi connectivity index (χ3n) is 5.27. The Morgan fingerprint density at radius 2 is 2.04 bits per heavy atom. The number of anilines is 1. The summed E-state index contributed by atoms with van der Waals surface area (Å²) in [6.45, 7) is 6.62. The van der Waals surface area contributed by atoms with Crippen molar-refractivity contribution in [2.75, 3.05) is 5.32 Å². The number of esters is 1. The summed E-state index contributed by atoms with van der Waals surface area (Å²) >= 11 is 0. The number of nitrogens with one attached hydrogen (secondary N) is 1. The number of carbonyl (C=O) groups excluding carboxylic acids is 2. The summed E-state index contributed by atoms with van der Waals surface area (Å²) in [7, 11) is 0. The smallest absolute Gasteiger partial charge is 0.307 e. The van der Waals surface area contributed by atoms with Gasteiger partial charge < -0.3 is 10.1 Å². The van der Waals surface area contributed by atoms with E-state index in [4.69, 9.17) is 4.74 Å². The molecule has 2 fully saturated rings. The van der Waals surface area contributed by atoms with Gasteiger partial charge in [-0.25, -0.2) is 0 Å². The zero-order valence-corrected chi connectivity index (χ0v) is 14.1. The fraction of sp³-hybridized carbons (Fsp3) is 0.706. The van der Waals surface area contributed by atoms with E-state index in [9.17, 15) is 9.59 Å². The Hall–Kier alpha value is -1.85. The van der Waals surface area contributed by atoms with Crippen LogP contribution in [0.5, 0.6) is 0 Å². The van der Waals surface area contributed by atoms with E-state index in [0.29, 0.717) is 0 Å². The number of aromatic nitrogens is 2. The molecule has 3 rings (SSSR count). The maximum absolute atomic E-state index is 12.9. The molecule has 23 heavy (non-hydrogen) atoms. The van der Waals surface area contributed by atoms with Crippen molar-refractivity contribution in [2.45, 2.75) is 71.4 Å². The fourth-order valence-corrected chi connectivity index (χ4v) is 4.02.